The minimum absolute atomic E-state index is 0.253. The quantitative estimate of drug-likeness (QED) is 0.522. The van der Waals surface area contributed by atoms with Gasteiger partial charge in [-0.2, -0.15) is 0 Å². The molecule has 3 aromatic rings. The second-order valence-corrected chi connectivity index (χ2v) is 6.53. The number of aryl methyl sites for hydroxylation is 2. The van der Waals surface area contributed by atoms with Crippen LogP contribution in [-0.2, 0) is 0 Å². The first-order valence-corrected chi connectivity index (χ1v) is 8.02. The molecule has 0 atom stereocenters. The van der Waals surface area contributed by atoms with Crippen LogP contribution in [0.1, 0.15) is 17.0 Å². The summed E-state index contributed by atoms with van der Waals surface area (Å²) >= 11 is 8.93. The van der Waals surface area contributed by atoms with Gasteiger partial charge < -0.3 is 0 Å². The van der Waals surface area contributed by atoms with Crippen molar-refractivity contribution in [2.24, 2.45) is 0 Å². The van der Waals surface area contributed by atoms with Gasteiger partial charge in [-0.3, -0.25) is 0 Å². The molecule has 3 heterocycles. The van der Waals surface area contributed by atoms with E-state index < -0.39 is 0 Å². The van der Waals surface area contributed by atoms with Gasteiger partial charge in [-0.15, -0.1) is 11.3 Å². The monoisotopic (exact) mass is 322 g/mol. The zero-order valence-electron chi connectivity index (χ0n) is 11.1. The molecule has 0 unspecified atom stereocenters. The van der Waals surface area contributed by atoms with Gasteiger partial charge in [0.2, 0.25) is 5.28 Å². The van der Waals surface area contributed by atoms with Gasteiger partial charge in [0.05, 0.1) is 0 Å². The highest BCUT2D eigenvalue weighted by atomic mass is 35.5. The summed E-state index contributed by atoms with van der Waals surface area (Å²) in [6.45, 7) is 6.00. The summed E-state index contributed by atoms with van der Waals surface area (Å²) in [5.41, 5.74) is 3.10. The lowest BCUT2D eigenvalue weighted by atomic mass is 10.2. The van der Waals surface area contributed by atoms with Crippen LogP contribution in [0.3, 0.4) is 0 Å². The second-order valence-electron chi connectivity index (χ2n) is 4.34. The summed E-state index contributed by atoms with van der Waals surface area (Å²) in [5.74, 6) is 0. The summed E-state index contributed by atoms with van der Waals surface area (Å²) < 4.78 is 0. The lowest BCUT2D eigenvalue weighted by Gasteiger charge is -2.07. The van der Waals surface area contributed by atoms with Crippen LogP contribution in [0.5, 0.6) is 0 Å². The molecule has 102 valence electrons. The Morgan fingerprint density at radius 1 is 1.05 bits per heavy atom. The normalized spacial score (nSPS) is 11.2. The molecule has 0 amide bonds. The van der Waals surface area contributed by atoms with Crippen molar-refractivity contribution in [2.45, 2.75) is 31.0 Å². The summed E-state index contributed by atoms with van der Waals surface area (Å²) in [7, 11) is 0. The maximum atomic E-state index is 5.97. The Hall–Kier alpha value is -1.24. The van der Waals surface area contributed by atoms with Crippen LogP contribution in [0.15, 0.2) is 21.6 Å². The van der Waals surface area contributed by atoms with Crippen molar-refractivity contribution in [3.8, 4) is 0 Å². The van der Waals surface area contributed by atoms with E-state index in [1.54, 1.807) is 11.3 Å². The minimum atomic E-state index is 0.253. The highest BCUT2D eigenvalue weighted by Crippen LogP contribution is 2.33. The van der Waals surface area contributed by atoms with E-state index in [9.17, 15) is 0 Å². The van der Waals surface area contributed by atoms with Crippen LogP contribution >= 0.6 is 34.7 Å². The number of thiophene rings is 1. The van der Waals surface area contributed by atoms with Gasteiger partial charge in [-0.05, 0) is 61.1 Å². The van der Waals surface area contributed by atoms with Crippen LogP contribution < -0.4 is 0 Å². The fourth-order valence-corrected chi connectivity index (χ4v) is 3.80. The van der Waals surface area contributed by atoms with E-state index in [1.807, 2.05) is 32.2 Å². The van der Waals surface area contributed by atoms with Gasteiger partial charge in [-0.1, -0.05) is 0 Å². The first kappa shape index (κ1) is 13.7. The zero-order valence-corrected chi connectivity index (χ0v) is 13.5. The smallest absolute Gasteiger partial charge is 0.224 e. The van der Waals surface area contributed by atoms with E-state index in [2.05, 4.69) is 19.9 Å². The van der Waals surface area contributed by atoms with Crippen molar-refractivity contribution >= 4 is 44.9 Å². The molecule has 0 fully saturated rings. The SMILES string of the molecule is Cc1nc(Sc2nc(Cl)nc3sccc23)nc(C)c1C. The molecule has 3 aromatic heterocycles. The molecule has 0 radical (unpaired) electrons. The van der Waals surface area contributed by atoms with E-state index >= 15 is 0 Å². The third kappa shape index (κ3) is 2.51. The lowest BCUT2D eigenvalue weighted by Crippen LogP contribution is -1.98. The first-order chi connectivity index (χ1) is 9.54. The molecule has 0 saturated carbocycles. The van der Waals surface area contributed by atoms with Gasteiger partial charge in [0.25, 0.3) is 0 Å². The molecule has 0 aliphatic heterocycles. The number of hydrogen-bond acceptors (Lipinski definition) is 6. The number of rotatable bonds is 2. The number of nitrogens with zero attached hydrogens (tertiary/aromatic N) is 4. The lowest BCUT2D eigenvalue weighted by molar-refractivity contribution is 0.879. The summed E-state index contributed by atoms with van der Waals surface area (Å²) in [6.07, 6.45) is 0. The zero-order chi connectivity index (χ0) is 14.3. The molecule has 0 N–H and O–H groups in total. The topological polar surface area (TPSA) is 51.6 Å². The third-order valence-electron chi connectivity index (χ3n) is 3.06. The van der Waals surface area contributed by atoms with Crippen LogP contribution in [0.4, 0.5) is 0 Å². The Bertz CT molecular complexity index is 777. The molecular weight excluding hydrogens is 312 g/mol. The van der Waals surface area contributed by atoms with Gasteiger partial charge in [0.15, 0.2) is 5.16 Å². The Kier molecular flexibility index (Phi) is 3.62. The molecule has 4 nitrogen and oxygen atoms in total. The predicted molar refractivity (Wildman–Crippen MR) is 82.8 cm³/mol. The molecule has 0 aliphatic carbocycles. The number of hydrogen-bond donors (Lipinski definition) is 0. The summed E-state index contributed by atoms with van der Waals surface area (Å²) in [5, 5.41) is 4.70. The van der Waals surface area contributed by atoms with Gasteiger partial charge in [-0.25, -0.2) is 19.9 Å². The highest BCUT2D eigenvalue weighted by molar-refractivity contribution is 7.99. The van der Waals surface area contributed by atoms with Crippen molar-refractivity contribution in [1.82, 2.24) is 19.9 Å². The molecule has 0 aliphatic rings. The van der Waals surface area contributed by atoms with Crippen LogP contribution in [0.2, 0.25) is 5.28 Å². The van der Waals surface area contributed by atoms with Crippen molar-refractivity contribution in [2.75, 3.05) is 0 Å². The largest absolute Gasteiger partial charge is 0.227 e. The number of fused-ring (bicyclic) bond motifs is 1. The van der Waals surface area contributed by atoms with Crippen molar-refractivity contribution in [3.05, 3.63) is 33.7 Å². The number of aromatic nitrogens is 4. The molecule has 0 aromatic carbocycles. The van der Waals surface area contributed by atoms with E-state index in [4.69, 9.17) is 11.6 Å². The molecule has 0 spiro atoms. The van der Waals surface area contributed by atoms with Crippen molar-refractivity contribution in [3.63, 3.8) is 0 Å². The number of halogens is 1. The molecule has 7 heteroatoms. The van der Waals surface area contributed by atoms with E-state index in [0.717, 1.165) is 32.2 Å². The Balaban J connectivity index is 2.07. The average Bonchev–Trinajstić information content (AvgIpc) is 2.84. The molecule has 20 heavy (non-hydrogen) atoms. The van der Waals surface area contributed by atoms with Crippen LogP contribution in [-0.4, -0.2) is 19.9 Å². The highest BCUT2D eigenvalue weighted by Gasteiger charge is 2.12. The standard InChI is InChI=1S/C13H11ClN4S2/c1-6-7(2)15-13(16-8(6)3)20-11-9-4-5-19-10(9)17-12(14)18-11/h4-5H,1-3H3. The molecule has 3 rings (SSSR count). The maximum Gasteiger partial charge on any atom is 0.224 e. The van der Waals surface area contributed by atoms with E-state index in [1.165, 1.54) is 11.8 Å². The second kappa shape index (κ2) is 5.27. The third-order valence-corrected chi connectivity index (χ3v) is 4.91. The van der Waals surface area contributed by atoms with E-state index in [0.29, 0.717) is 5.16 Å². The first-order valence-electron chi connectivity index (χ1n) is 5.95. The van der Waals surface area contributed by atoms with Crippen molar-refractivity contribution in [1.29, 1.82) is 0 Å². The minimum Gasteiger partial charge on any atom is -0.227 e. The molecule has 0 saturated heterocycles. The summed E-state index contributed by atoms with van der Waals surface area (Å²) in [6, 6.07) is 1.99. The fraction of sp³-hybridized carbons (Fsp3) is 0.231. The van der Waals surface area contributed by atoms with Gasteiger partial charge in [0, 0.05) is 16.8 Å². The van der Waals surface area contributed by atoms with Gasteiger partial charge >= 0.3 is 0 Å². The van der Waals surface area contributed by atoms with Crippen LogP contribution in [0.25, 0.3) is 10.2 Å². The van der Waals surface area contributed by atoms with Crippen molar-refractivity contribution < 1.29 is 0 Å². The molecular formula is C13H11ClN4S2. The predicted octanol–water partition coefficient (Wildman–Crippen LogP) is 4.21. The van der Waals surface area contributed by atoms with Crippen LogP contribution in [0, 0.1) is 20.8 Å². The molecule has 0 bridgehead atoms. The summed E-state index contributed by atoms with van der Waals surface area (Å²) in [4.78, 5) is 18.4. The van der Waals surface area contributed by atoms with E-state index in [-0.39, 0.29) is 5.28 Å². The Labute approximate surface area is 129 Å². The Morgan fingerprint density at radius 3 is 2.45 bits per heavy atom. The maximum absolute atomic E-state index is 5.97. The Morgan fingerprint density at radius 2 is 1.75 bits per heavy atom. The van der Waals surface area contributed by atoms with Gasteiger partial charge in [0.1, 0.15) is 9.86 Å². The fourth-order valence-electron chi connectivity index (χ4n) is 1.75. The average molecular weight is 323 g/mol.